The molecule has 0 amide bonds. The molecule has 1 atom stereocenters. The molecule has 0 radical (unpaired) electrons. The molecule has 1 aliphatic heterocycles. The van der Waals surface area contributed by atoms with Gasteiger partial charge < -0.3 is 15.4 Å². The highest BCUT2D eigenvalue weighted by Gasteiger charge is 2.31. The molecule has 0 aliphatic carbocycles. The summed E-state index contributed by atoms with van der Waals surface area (Å²) in [7, 11) is 0. The largest absolute Gasteiger partial charge is 0.369 e. The minimum absolute atomic E-state index is 0.147. The zero-order chi connectivity index (χ0) is 12.5. The number of hydrogen-bond acceptors (Lipinski definition) is 5. The molecule has 2 heterocycles. The summed E-state index contributed by atoms with van der Waals surface area (Å²) in [5.74, 6) is 0.894. The number of nitrogens with two attached hydrogens (primary N) is 1. The van der Waals surface area contributed by atoms with Crippen molar-refractivity contribution in [1.82, 2.24) is 10.2 Å². The molecule has 1 fully saturated rings. The van der Waals surface area contributed by atoms with Crippen LogP contribution in [0.15, 0.2) is 12.1 Å². The van der Waals surface area contributed by atoms with Crippen molar-refractivity contribution in [2.24, 2.45) is 5.73 Å². The molecule has 5 nitrogen and oxygen atoms in total. The number of hydrogen-bond donors (Lipinski definition) is 1. The molecule has 0 aromatic carbocycles. The first-order chi connectivity index (χ1) is 8.00. The SMILES string of the molecule is CC1CN(c2ccc(CN)nn2)CC(C)(C)O1. The monoisotopic (exact) mass is 236 g/mol. The van der Waals surface area contributed by atoms with Crippen molar-refractivity contribution in [3.05, 3.63) is 17.8 Å². The van der Waals surface area contributed by atoms with Crippen molar-refractivity contribution in [2.45, 2.75) is 39.0 Å². The summed E-state index contributed by atoms with van der Waals surface area (Å²) in [5.41, 5.74) is 6.17. The number of nitrogens with zero attached hydrogens (tertiary/aromatic N) is 3. The fourth-order valence-corrected chi connectivity index (χ4v) is 2.26. The Labute approximate surface area is 102 Å². The van der Waals surface area contributed by atoms with Gasteiger partial charge in [-0.2, -0.15) is 5.10 Å². The Morgan fingerprint density at radius 2 is 2.24 bits per heavy atom. The lowest BCUT2D eigenvalue weighted by molar-refractivity contribution is -0.0752. The van der Waals surface area contributed by atoms with E-state index in [1.165, 1.54) is 0 Å². The molecule has 5 heteroatoms. The quantitative estimate of drug-likeness (QED) is 0.828. The van der Waals surface area contributed by atoms with E-state index in [-0.39, 0.29) is 11.7 Å². The van der Waals surface area contributed by atoms with Gasteiger partial charge in [-0.1, -0.05) is 0 Å². The predicted molar refractivity (Wildman–Crippen MR) is 66.8 cm³/mol. The van der Waals surface area contributed by atoms with Gasteiger partial charge in [0.25, 0.3) is 0 Å². The van der Waals surface area contributed by atoms with Crippen LogP contribution in [-0.2, 0) is 11.3 Å². The Kier molecular flexibility index (Phi) is 3.31. The Morgan fingerprint density at radius 1 is 1.47 bits per heavy atom. The predicted octanol–water partition coefficient (Wildman–Crippen LogP) is 0.939. The van der Waals surface area contributed by atoms with Gasteiger partial charge in [-0.05, 0) is 32.9 Å². The molecule has 0 saturated carbocycles. The molecular weight excluding hydrogens is 216 g/mol. The molecule has 1 aromatic rings. The Hall–Kier alpha value is -1.20. The average molecular weight is 236 g/mol. The smallest absolute Gasteiger partial charge is 0.151 e. The molecule has 17 heavy (non-hydrogen) atoms. The van der Waals surface area contributed by atoms with Crippen LogP contribution >= 0.6 is 0 Å². The van der Waals surface area contributed by atoms with E-state index in [2.05, 4.69) is 35.9 Å². The highest BCUT2D eigenvalue weighted by molar-refractivity contribution is 5.38. The molecule has 1 unspecified atom stereocenters. The van der Waals surface area contributed by atoms with E-state index in [9.17, 15) is 0 Å². The van der Waals surface area contributed by atoms with Crippen LogP contribution in [0.1, 0.15) is 26.5 Å². The van der Waals surface area contributed by atoms with Crippen LogP contribution in [0, 0.1) is 0 Å². The summed E-state index contributed by atoms with van der Waals surface area (Å²) in [6, 6.07) is 3.90. The molecule has 1 saturated heterocycles. The van der Waals surface area contributed by atoms with Crippen molar-refractivity contribution >= 4 is 5.82 Å². The number of anilines is 1. The van der Waals surface area contributed by atoms with E-state index in [0.29, 0.717) is 6.54 Å². The molecular formula is C12H20N4O. The molecule has 0 spiro atoms. The van der Waals surface area contributed by atoms with Crippen LogP contribution in [-0.4, -0.2) is 35.0 Å². The van der Waals surface area contributed by atoms with E-state index in [0.717, 1.165) is 24.6 Å². The van der Waals surface area contributed by atoms with Crippen LogP contribution in [0.2, 0.25) is 0 Å². The second-order valence-electron chi connectivity index (χ2n) is 5.16. The molecule has 2 N–H and O–H groups in total. The Balaban J connectivity index is 2.15. The van der Waals surface area contributed by atoms with Gasteiger partial charge in [0.15, 0.2) is 5.82 Å². The minimum atomic E-state index is -0.147. The van der Waals surface area contributed by atoms with Crippen LogP contribution in [0.3, 0.4) is 0 Å². The number of aromatic nitrogens is 2. The lowest BCUT2D eigenvalue weighted by Gasteiger charge is -2.42. The molecule has 94 valence electrons. The van der Waals surface area contributed by atoms with E-state index in [4.69, 9.17) is 10.5 Å². The first-order valence-electron chi connectivity index (χ1n) is 5.95. The number of morpholine rings is 1. The van der Waals surface area contributed by atoms with E-state index in [1.54, 1.807) is 0 Å². The van der Waals surface area contributed by atoms with Crippen molar-refractivity contribution in [1.29, 1.82) is 0 Å². The summed E-state index contributed by atoms with van der Waals surface area (Å²) >= 11 is 0. The first-order valence-corrected chi connectivity index (χ1v) is 5.95. The third-order valence-corrected chi connectivity index (χ3v) is 2.81. The van der Waals surface area contributed by atoms with E-state index in [1.807, 2.05) is 12.1 Å². The van der Waals surface area contributed by atoms with Gasteiger partial charge in [0.1, 0.15) is 0 Å². The normalized spacial score (nSPS) is 23.8. The van der Waals surface area contributed by atoms with Gasteiger partial charge in [-0.25, -0.2) is 0 Å². The van der Waals surface area contributed by atoms with Crippen LogP contribution < -0.4 is 10.6 Å². The summed E-state index contributed by atoms with van der Waals surface area (Å²) in [5, 5.41) is 8.30. The highest BCUT2D eigenvalue weighted by atomic mass is 16.5. The van der Waals surface area contributed by atoms with Crippen LogP contribution in [0.25, 0.3) is 0 Å². The molecule has 0 bridgehead atoms. The van der Waals surface area contributed by atoms with Crippen molar-refractivity contribution in [2.75, 3.05) is 18.0 Å². The third kappa shape index (κ3) is 2.92. The van der Waals surface area contributed by atoms with Crippen molar-refractivity contribution < 1.29 is 4.74 Å². The van der Waals surface area contributed by atoms with Gasteiger partial charge >= 0.3 is 0 Å². The second-order valence-corrected chi connectivity index (χ2v) is 5.16. The van der Waals surface area contributed by atoms with E-state index < -0.39 is 0 Å². The molecule has 1 aromatic heterocycles. The van der Waals surface area contributed by atoms with Gasteiger partial charge in [0, 0.05) is 19.6 Å². The van der Waals surface area contributed by atoms with Gasteiger partial charge in [-0.3, -0.25) is 0 Å². The van der Waals surface area contributed by atoms with Crippen LogP contribution in [0.5, 0.6) is 0 Å². The maximum absolute atomic E-state index is 5.86. The zero-order valence-electron chi connectivity index (χ0n) is 10.7. The lowest BCUT2D eigenvalue weighted by atomic mass is 10.1. The summed E-state index contributed by atoms with van der Waals surface area (Å²) in [6.07, 6.45) is 0.203. The van der Waals surface area contributed by atoms with Crippen LogP contribution in [0.4, 0.5) is 5.82 Å². The van der Waals surface area contributed by atoms with Crippen molar-refractivity contribution in [3.8, 4) is 0 Å². The Bertz CT molecular complexity index is 377. The lowest BCUT2D eigenvalue weighted by Crippen LogP contribution is -2.52. The standard InChI is InChI=1S/C12H20N4O/c1-9-7-16(8-12(2,3)17-9)11-5-4-10(6-13)14-15-11/h4-5,9H,6-8,13H2,1-3H3. The average Bonchev–Trinajstić information content (AvgIpc) is 2.26. The fraction of sp³-hybridized carbons (Fsp3) is 0.667. The number of ether oxygens (including phenoxy) is 1. The first kappa shape index (κ1) is 12.3. The second kappa shape index (κ2) is 4.58. The minimum Gasteiger partial charge on any atom is -0.369 e. The third-order valence-electron chi connectivity index (χ3n) is 2.81. The van der Waals surface area contributed by atoms with Crippen molar-refractivity contribution in [3.63, 3.8) is 0 Å². The topological polar surface area (TPSA) is 64.3 Å². The molecule has 1 aliphatic rings. The Morgan fingerprint density at radius 3 is 2.76 bits per heavy atom. The maximum Gasteiger partial charge on any atom is 0.151 e. The van der Waals surface area contributed by atoms with Gasteiger partial charge in [0.2, 0.25) is 0 Å². The summed E-state index contributed by atoms with van der Waals surface area (Å²) in [6.45, 7) is 8.37. The zero-order valence-corrected chi connectivity index (χ0v) is 10.7. The van der Waals surface area contributed by atoms with Gasteiger partial charge in [-0.15, -0.1) is 5.10 Å². The highest BCUT2D eigenvalue weighted by Crippen LogP contribution is 2.24. The number of rotatable bonds is 2. The maximum atomic E-state index is 5.86. The van der Waals surface area contributed by atoms with Gasteiger partial charge in [0.05, 0.1) is 17.4 Å². The van der Waals surface area contributed by atoms with E-state index >= 15 is 0 Å². The fourth-order valence-electron chi connectivity index (χ4n) is 2.26. The molecule has 2 rings (SSSR count). The summed E-state index contributed by atoms with van der Waals surface area (Å²) in [4.78, 5) is 2.21. The summed E-state index contributed by atoms with van der Waals surface area (Å²) < 4.78 is 5.86.